The zero-order valence-corrected chi connectivity index (χ0v) is 9.28. The van der Waals surface area contributed by atoms with Crippen LogP contribution in [0, 0.1) is 18.8 Å². The van der Waals surface area contributed by atoms with Crippen molar-refractivity contribution in [2.24, 2.45) is 0 Å². The van der Waals surface area contributed by atoms with Gasteiger partial charge in [0.25, 0.3) is 0 Å². The van der Waals surface area contributed by atoms with E-state index in [1.807, 2.05) is 32.0 Å². The predicted molar refractivity (Wildman–Crippen MR) is 62.7 cm³/mol. The summed E-state index contributed by atoms with van der Waals surface area (Å²) in [7, 11) is 0. The summed E-state index contributed by atoms with van der Waals surface area (Å²) in [5, 5.41) is 4.06. The van der Waals surface area contributed by atoms with E-state index in [0.717, 1.165) is 29.2 Å². The molecule has 0 heterocycles. The molecule has 0 saturated carbocycles. The molecule has 1 N–H and O–H groups in total. The van der Waals surface area contributed by atoms with Gasteiger partial charge in [0.15, 0.2) is 0 Å². The molecule has 1 aromatic carbocycles. The van der Waals surface area contributed by atoms with Crippen molar-refractivity contribution in [2.75, 3.05) is 11.9 Å². The van der Waals surface area contributed by atoms with Gasteiger partial charge in [0.05, 0.1) is 0 Å². The first kappa shape index (κ1) is 10.9. The van der Waals surface area contributed by atoms with Crippen molar-refractivity contribution in [3.05, 3.63) is 28.8 Å². The largest absolute Gasteiger partial charge is 0.384 e. The van der Waals surface area contributed by atoms with E-state index in [4.69, 9.17) is 11.6 Å². The van der Waals surface area contributed by atoms with Gasteiger partial charge in [0, 0.05) is 23.7 Å². The highest BCUT2D eigenvalue weighted by atomic mass is 35.5. The van der Waals surface area contributed by atoms with Gasteiger partial charge in [-0.1, -0.05) is 17.7 Å². The topological polar surface area (TPSA) is 12.0 Å². The van der Waals surface area contributed by atoms with E-state index >= 15 is 0 Å². The summed E-state index contributed by atoms with van der Waals surface area (Å²) < 4.78 is 0. The van der Waals surface area contributed by atoms with Gasteiger partial charge in [-0.2, -0.15) is 0 Å². The normalized spacial score (nSPS) is 9.07. The van der Waals surface area contributed by atoms with Gasteiger partial charge in [-0.05, 0) is 31.5 Å². The van der Waals surface area contributed by atoms with Crippen LogP contribution in [0.1, 0.15) is 18.9 Å². The minimum atomic E-state index is 0.802. The summed E-state index contributed by atoms with van der Waals surface area (Å²) in [6, 6.07) is 5.98. The quantitative estimate of drug-likeness (QED) is 0.591. The van der Waals surface area contributed by atoms with Gasteiger partial charge in [-0.15, -0.1) is 11.8 Å². The molecule has 0 radical (unpaired) electrons. The first-order valence-corrected chi connectivity index (χ1v) is 5.01. The Hall–Kier alpha value is -1.13. The van der Waals surface area contributed by atoms with Crippen molar-refractivity contribution in [1.29, 1.82) is 0 Å². The molecule has 0 aromatic heterocycles. The second-order valence-electron chi connectivity index (χ2n) is 3.07. The molecule has 1 rings (SSSR count). The van der Waals surface area contributed by atoms with E-state index in [2.05, 4.69) is 17.2 Å². The van der Waals surface area contributed by atoms with Gasteiger partial charge in [0.2, 0.25) is 0 Å². The van der Waals surface area contributed by atoms with Crippen molar-refractivity contribution in [3.8, 4) is 11.8 Å². The number of benzene rings is 1. The number of halogens is 1. The van der Waals surface area contributed by atoms with E-state index in [9.17, 15) is 0 Å². The van der Waals surface area contributed by atoms with Crippen LogP contribution >= 0.6 is 11.6 Å². The van der Waals surface area contributed by atoms with E-state index in [1.54, 1.807) is 0 Å². The summed E-state index contributed by atoms with van der Waals surface area (Å²) in [6.07, 6.45) is 0.863. The smallest absolute Gasteiger partial charge is 0.0455 e. The summed E-state index contributed by atoms with van der Waals surface area (Å²) in [5.41, 5.74) is 2.16. The van der Waals surface area contributed by atoms with Crippen LogP contribution in [-0.4, -0.2) is 6.54 Å². The standard InChI is InChI=1S/C12H14ClN/c1-3-4-5-8-14-11-7-6-10(2)12(13)9-11/h6-7,9,14H,5,8H2,1-2H3. The second-order valence-corrected chi connectivity index (χ2v) is 3.47. The molecule has 0 saturated heterocycles. The predicted octanol–water partition coefficient (Wildman–Crippen LogP) is 3.47. The number of aryl methyl sites for hydroxylation is 1. The van der Waals surface area contributed by atoms with Crippen LogP contribution < -0.4 is 5.32 Å². The zero-order chi connectivity index (χ0) is 10.4. The Kier molecular flexibility index (Phi) is 4.35. The number of hydrogen-bond acceptors (Lipinski definition) is 1. The lowest BCUT2D eigenvalue weighted by molar-refractivity contribution is 1.10. The molecular formula is C12H14ClN. The third-order valence-corrected chi connectivity index (χ3v) is 2.33. The molecule has 74 valence electrons. The minimum Gasteiger partial charge on any atom is -0.384 e. The van der Waals surface area contributed by atoms with Crippen molar-refractivity contribution < 1.29 is 0 Å². The molecule has 0 aliphatic carbocycles. The lowest BCUT2D eigenvalue weighted by Gasteiger charge is -2.05. The molecule has 0 aliphatic rings. The molecule has 0 bridgehead atoms. The van der Waals surface area contributed by atoms with Crippen LogP contribution in [0.4, 0.5) is 5.69 Å². The molecule has 14 heavy (non-hydrogen) atoms. The third kappa shape index (κ3) is 3.32. The average molecular weight is 208 g/mol. The molecule has 2 heteroatoms. The summed E-state index contributed by atoms with van der Waals surface area (Å²) >= 11 is 5.99. The summed E-state index contributed by atoms with van der Waals surface area (Å²) in [5.74, 6) is 5.86. The fourth-order valence-electron chi connectivity index (χ4n) is 1.10. The van der Waals surface area contributed by atoms with Crippen molar-refractivity contribution >= 4 is 17.3 Å². The maximum atomic E-state index is 5.99. The van der Waals surface area contributed by atoms with E-state index in [-0.39, 0.29) is 0 Å². The Morgan fingerprint density at radius 1 is 1.43 bits per heavy atom. The molecular weight excluding hydrogens is 194 g/mol. The maximum absolute atomic E-state index is 5.99. The lowest BCUT2D eigenvalue weighted by Crippen LogP contribution is -2.00. The minimum absolute atomic E-state index is 0.802. The van der Waals surface area contributed by atoms with Gasteiger partial charge < -0.3 is 5.32 Å². The SMILES string of the molecule is CC#CCCNc1ccc(C)c(Cl)c1. The molecule has 0 amide bonds. The molecule has 0 fully saturated rings. The first-order chi connectivity index (χ1) is 6.74. The number of nitrogens with one attached hydrogen (secondary N) is 1. The highest BCUT2D eigenvalue weighted by Crippen LogP contribution is 2.19. The second kappa shape index (κ2) is 5.57. The van der Waals surface area contributed by atoms with Crippen LogP contribution in [0.25, 0.3) is 0 Å². The van der Waals surface area contributed by atoms with Crippen LogP contribution in [0.5, 0.6) is 0 Å². The monoisotopic (exact) mass is 207 g/mol. The Morgan fingerprint density at radius 2 is 2.21 bits per heavy atom. The van der Waals surface area contributed by atoms with Crippen LogP contribution in [0.2, 0.25) is 5.02 Å². The molecule has 0 atom stereocenters. The van der Waals surface area contributed by atoms with Gasteiger partial charge in [-0.25, -0.2) is 0 Å². The third-order valence-electron chi connectivity index (χ3n) is 1.93. The average Bonchev–Trinajstić information content (AvgIpc) is 2.18. The highest BCUT2D eigenvalue weighted by molar-refractivity contribution is 6.31. The Morgan fingerprint density at radius 3 is 2.86 bits per heavy atom. The Balaban J connectivity index is 2.50. The van der Waals surface area contributed by atoms with E-state index in [1.165, 1.54) is 0 Å². The van der Waals surface area contributed by atoms with Crippen LogP contribution in [0.15, 0.2) is 18.2 Å². The molecule has 1 aromatic rings. The maximum Gasteiger partial charge on any atom is 0.0455 e. The Bertz CT molecular complexity index is 360. The Labute approximate surface area is 90.5 Å². The van der Waals surface area contributed by atoms with Crippen molar-refractivity contribution in [2.45, 2.75) is 20.3 Å². The van der Waals surface area contributed by atoms with Gasteiger partial charge in [0.1, 0.15) is 0 Å². The zero-order valence-electron chi connectivity index (χ0n) is 8.52. The molecule has 1 nitrogen and oxygen atoms in total. The van der Waals surface area contributed by atoms with Crippen LogP contribution in [0.3, 0.4) is 0 Å². The van der Waals surface area contributed by atoms with Crippen molar-refractivity contribution in [1.82, 2.24) is 0 Å². The van der Waals surface area contributed by atoms with Gasteiger partial charge >= 0.3 is 0 Å². The lowest BCUT2D eigenvalue weighted by atomic mass is 10.2. The van der Waals surface area contributed by atoms with Crippen molar-refractivity contribution in [3.63, 3.8) is 0 Å². The van der Waals surface area contributed by atoms with Crippen LogP contribution in [-0.2, 0) is 0 Å². The molecule has 0 spiro atoms. The molecule has 0 aliphatic heterocycles. The van der Waals surface area contributed by atoms with Gasteiger partial charge in [-0.3, -0.25) is 0 Å². The number of hydrogen-bond donors (Lipinski definition) is 1. The molecule has 0 unspecified atom stereocenters. The fraction of sp³-hybridized carbons (Fsp3) is 0.333. The van der Waals surface area contributed by atoms with E-state index < -0.39 is 0 Å². The highest BCUT2D eigenvalue weighted by Gasteiger charge is 1.96. The summed E-state index contributed by atoms with van der Waals surface area (Å²) in [4.78, 5) is 0. The summed E-state index contributed by atoms with van der Waals surface area (Å²) in [6.45, 7) is 4.71. The first-order valence-electron chi connectivity index (χ1n) is 4.63. The van der Waals surface area contributed by atoms with E-state index in [0.29, 0.717) is 0 Å². The number of rotatable bonds is 3. The fourth-order valence-corrected chi connectivity index (χ4v) is 1.28. The number of anilines is 1.